The third-order valence-corrected chi connectivity index (χ3v) is 17.8. The van der Waals surface area contributed by atoms with Crippen molar-refractivity contribution in [2.24, 2.45) is 0 Å². The topological polar surface area (TPSA) is 231 Å². The molecule has 18 heteroatoms. The molecule has 0 aromatic rings. The first-order valence-electron chi connectivity index (χ1n) is 37.2. The summed E-state index contributed by atoms with van der Waals surface area (Å²) in [5.74, 6) is -1.58. The second-order valence-electron chi connectivity index (χ2n) is 25.1. The van der Waals surface area contributed by atoms with Crippen molar-refractivity contribution in [2.45, 2.75) is 347 Å². The zero-order valence-electron chi connectivity index (χ0n) is 58.9. The van der Waals surface area contributed by atoms with Gasteiger partial charge in [-0.2, -0.15) is 0 Å². The van der Waals surface area contributed by atoms with Crippen LogP contribution >= 0.6 is 15.6 Å². The lowest BCUT2D eigenvalue weighted by molar-refractivity contribution is -0.161. The molecule has 4 N–H and O–H groups in total. The molecule has 542 valence electrons. The van der Waals surface area contributed by atoms with Gasteiger partial charge in [-0.3, -0.25) is 32.5 Å². The van der Waals surface area contributed by atoms with Gasteiger partial charge in [0.15, 0.2) is 6.10 Å². The van der Waals surface area contributed by atoms with Gasteiger partial charge in [0.25, 0.3) is 0 Å². The van der Waals surface area contributed by atoms with Crippen LogP contribution < -0.4 is 0 Å². The Morgan fingerprint density at radius 3 is 0.914 bits per heavy atom. The maximum Gasteiger partial charge on any atom is 0.472 e. The van der Waals surface area contributed by atoms with E-state index in [9.17, 15) is 43.5 Å². The zero-order valence-corrected chi connectivity index (χ0v) is 60.7. The number of aliphatic hydroxyl groups excluding tert-OH is 2. The number of aliphatic hydroxyl groups is 2. The number of hydrogen-bond acceptors (Lipinski definition) is 14. The van der Waals surface area contributed by atoms with Gasteiger partial charge in [0, 0.05) is 19.3 Å². The molecule has 0 saturated heterocycles. The van der Waals surface area contributed by atoms with Crippen LogP contribution in [0.15, 0.2) is 72.9 Å². The number of allylic oxidation sites excluding steroid dienone is 12. The summed E-state index contributed by atoms with van der Waals surface area (Å²) in [6.07, 6.45) is 74.1. The van der Waals surface area contributed by atoms with Crippen molar-refractivity contribution in [3.05, 3.63) is 72.9 Å². The number of esters is 3. The smallest absolute Gasteiger partial charge is 0.463 e. The van der Waals surface area contributed by atoms with Crippen LogP contribution in [-0.2, 0) is 55.8 Å². The number of ether oxygens (including phenoxy) is 3. The average Bonchev–Trinajstić information content (AvgIpc) is 2.78. The van der Waals surface area contributed by atoms with E-state index in [2.05, 4.69) is 93.7 Å². The number of hydrogen-bond donors (Lipinski definition) is 4. The first-order chi connectivity index (χ1) is 45.2. The molecular weight excluding hydrogens is 1220 g/mol. The highest BCUT2D eigenvalue weighted by Crippen LogP contribution is 2.45. The minimum Gasteiger partial charge on any atom is -0.463 e. The molecule has 0 heterocycles. The quantitative estimate of drug-likeness (QED) is 0.0146. The van der Waals surface area contributed by atoms with Crippen LogP contribution in [0.1, 0.15) is 329 Å². The first kappa shape index (κ1) is 90.0. The highest BCUT2D eigenvalue weighted by Gasteiger charge is 2.29. The summed E-state index contributed by atoms with van der Waals surface area (Å²) in [5.41, 5.74) is 0. The SMILES string of the molecule is CCCC/C=C\CCCCCCCC(=O)OC(COC(=O)CCCCCCC/C=C\CCCCCCCC)COP(=O)(O)OCC(O)COP(=O)(O)OCC(O)COC(=O)CCCCCCCCCCCCCCCCC/C=C\C/C=C\C/C=C\C/C=C\CCCCC. The van der Waals surface area contributed by atoms with E-state index >= 15 is 0 Å². The largest absolute Gasteiger partial charge is 0.472 e. The Morgan fingerprint density at radius 2 is 0.548 bits per heavy atom. The number of carbonyl (C=O) groups is 3. The summed E-state index contributed by atoms with van der Waals surface area (Å²) in [6.45, 7) is 2.61. The molecular formula is C75H136O16P2. The summed E-state index contributed by atoms with van der Waals surface area (Å²) >= 11 is 0. The van der Waals surface area contributed by atoms with Gasteiger partial charge in [0.05, 0.1) is 26.4 Å². The van der Waals surface area contributed by atoms with Gasteiger partial charge in [0.1, 0.15) is 25.4 Å². The normalized spacial score (nSPS) is 14.5. The van der Waals surface area contributed by atoms with Gasteiger partial charge in [-0.15, -0.1) is 0 Å². The van der Waals surface area contributed by atoms with E-state index in [4.69, 9.17) is 32.3 Å². The number of unbranched alkanes of at least 4 members (excludes halogenated alkanes) is 36. The van der Waals surface area contributed by atoms with Crippen molar-refractivity contribution in [2.75, 3.05) is 39.6 Å². The van der Waals surface area contributed by atoms with Gasteiger partial charge < -0.3 is 34.2 Å². The minimum absolute atomic E-state index is 0.0953. The van der Waals surface area contributed by atoms with Crippen molar-refractivity contribution >= 4 is 33.6 Å². The Morgan fingerprint density at radius 1 is 0.301 bits per heavy atom. The van der Waals surface area contributed by atoms with E-state index in [-0.39, 0.29) is 19.3 Å². The predicted octanol–water partition coefficient (Wildman–Crippen LogP) is 21.1. The van der Waals surface area contributed by atoms with Crippen LogP contribution in [0.25, 0.3) is 0 Å². The van der Waals surface area contributed by atoms with Crippen molar-refractivity contribution < 1.29 is 75.8 Å². The van der Waals surface area contributed by atoms with Crippen molar-refractivity contribution in [1.29, 1.82) is 0 Å². The molecule has 0 radical (unpaired) electrons. The molecule has 16 nitrogen and oxygen atoms in total. The lowest BCUT2D eigenvalue weighted by Crippen LogP contribution is -2.30. The fourth-order valence-corrected chi connectivity index (χ4v) is 11.7. The van der Waals surface area contributed by atoms with Crippen LogP contribution in [0.3, 0.4) is 0 Å². The zero-order chi connectivity index (χ0) is 68.1. The Labute approximate surface area is 566 Å². The van der Waals surface area contributed by atoms with E-state index in [1.165, 1.54) is 154 Å². The monoisotopic (exact) mass is 1350 g/mol. The van der Waals surface area contributed by atoms with Gasteiger partial charge in [-0.25, -0.2) is 9.13 Å². The first-order valence-corrected chi connectivity index (χ1v) is 40.2. The fourth-order valence-electron chi connectivity index (χ4n) is 10.1. The molecule has 93 heavy (non-hydrogen) atoms. The maximum atomic E-state index is 12.9. The second kappa shape index (κ2) is 68.9. The number of carbonyl (C=O) groups excluding carboxylic acids is 3. The lowest BCUT2D eigenvalue weighted by atomic mass is 10.0. The second-order valence-corrected chi connectivity index (χ2v) is 28.0. The van der Waals surface area contributed by atoms with Crippen LogP contribution in [0.2, 0.25) is 0 Å². The average molecular weight is 1360 g/mol. The minimum atomic E-state index is -4.92. The van der Waals surface area contributed by atoms with E-state index in [1.807, 2.05) is 0 Å². The van der Waals surface area contributed by atoms with Gasteiger partial charge in [0.2, 0.25) is 0 Å². The Hall–Kier alpha value is -3.01. The molecule has 0 aromatic carbocycles. The molecule has 0 aliphatic heterocycles. The third-order valence-electron chi connectivity index (χ3n) is 15.9. The number of phosphoric acid groups is 2. The third kappa shape index (κ3) is 70.1. The molecule has 0 aromatic heterocycles. The molecule has 0 fully saturated rings. The van der Waals surface area contributed by atoms with Crippen LogP contribution in [0.5, 0.6) is 0 Å². The molecule has 5 unspecified atom stereocenters. The van der Waals surface area contributed by atoms with Crippen LogP contribution in [-0.4, -0.2) is 95.9 Å². The molecule has 0 bridgehead atoms. The van der Waals surface area contributed by atoms with E-state index in [0.717, 1.165) is 116 Å². The molecule has 0 saturated carbocycles. The summed E-state index contributed by atoms with van der Waals surface area (Å²) < 4.78 is 60.9. The van der Waals surface area contributed by atoms with E-state index in [1.54, 1.807) is 0 Å². The lowest BCUT2D eigenvalue weighted by Gasteiger charge is -2.21. The molecule has 0 amide bonds. The molecule has 0 aliphatic rings. The number of phosphoric ester groups is 2. The van der Waals surface area contributed by atoms with Gasteiger partial charge in [-0.05, 0) is 109 Å². The molecule has 0 rings (SSSR count). The summed E-state index contributed by atoms with van der Waals surface area (Å²) in [4.78, 5) is 58.3. The summed E-state index contributed by atoms with van der Waals surface area (Å²) in [6, 6.07) is 0. The van der Waals surface area contributed by atoms with Gasteiger partial charge in [-0.1, -0.05) is 273 Å². The maximum absolute atomic E-state index is 12.9. The van der Waals surface area contributed by atoms with Crippen molar-refractivity contribution in [3.63, 3.8) is 0 Å². The summed E-state index contributed by atoms with van der Waals surface area (Å²) in [7, 11) is -9.77. The molecule has 0 aliphatic carbocycles. The van der Waals surface area contributed by atoms with E-state index in [0.29, 0.717) is 19.3 Å². The molecule has 0 spiro atoms. The highest BCUT2D eigenvalue weighted by atomic mass is 31.2. The molecule has 5 atom stereocenters. The standard InChI is InChI=1S/C75H136O16P2/c1-4-7-10-13-16-19-22-24-26-27-28-29-30-31-32-33-34-35-36-37-38-39-40-41-43-45-47-49-52-55-58-61-73(78)85-64-70(76)65-87-92(81,82)88-66-71(77)67-89-93(83,84)90-69-72(91-75(80)63-60-57-54-51-46-21-18-15-12-9-6-3)68-86-74(79)62-59-56-53-50-48-44-42-25-23-20-17-14-11-8-5-2/h15-16,18-19,24-26,28-29,31-32,42,70-72,76-77H,4-14,17,20-23,27,30,33-41,43-69H2,1-3H3,(H,81,82)(H,83,84)/b18-15-,19-16-,26-24-,29-28-,32-31-,42-25-. The summed E-state index contributed by atoms with van der Waals surface area (Å²) in [5, 5.41) is 20.6. The van der Waals surface area contributed by atoms with Crippen molar-refractivity contribution in [3.8, 4) is 0 Å². The van der Waals surface area contributed by atoms with Crippen LogP contribution in [0.4, 0.5) is 0 Å². The fraction of sp³-hybridized carbons (Fsp3) is 0.800. The number of rotatable bonds is 71. The Balaban J connectivity index is 4.35. The van der Waals surface area contributed by atoms with Crippen molar-refractivity contribution in [1.82, 2.24) is 0 Å². The predicted molar refractivity (Wildman–Crippen MR) is 381 cm³/mol. The van der Waals surface area contributed by atoms with Crippen LogP contribution in [0, 0.1) is 0 Å². The van der Waals surface area contributed by atoms with E-state index < -0.39 is 91.5 Å². The van der Waals surface area contributed by atoms with Gasteiger partial charge >= 0.3 is 33.6 Å². The highest BCUT2D eigenvalue weighted by molar-refractivity contribution is 7.47. The Bertz CT molecular complexity index is 1990. The Kier molecular flexibility index (Phi) is 66.7.